The summed E-state index contributed by atoms with van der Waals surface area (Å²) in [6.07, 6.45) is 1.65. The lowest BCUT2D eigenvalue weighted by molar-refractivity contribution is -0.898. The second-order valence-corrected chi connectivity index (χ2v) is 8.08. The summed E-state index contributed by atoms with van der Waals surface area (Å²) >= 11 is 5.39. The number of carbonyl (C=O) groups excluding carboxylic acids is 1. The molecule has 1 aliphatic heterocycles. The second-order valence-electron chi connectivity index (χ2n) is 7.70. The van der Waals surface area contributed by atoms with Crippen molar-refractivity contribution in [3.05, 3.63) is 70.8 Å². The van der Waals surface area contributed by atoms with Crippen molar-refractivity contribution >= 4 is 29.5 Å². The number of para-hydroxylation sites is 1. The molecule has 0 aliphatic carbocycles. The summed E-state index contributed by atoms with van der Waals surface area (Å²) in [5.41, 5.74) is 4.53. The average Bonchev–Trinajstić information content (AvgIpc) is 3.16. The summed E-state index contributed by atoms with van der Waals surface area (Å²) < 4.78 is 2.24. The predicted molar refractivity (Wildman–Crippen MR) is 124 cm³/mol. The topological polar surface area (TPSA) is 57.5 Å². The van der Waals surface area contributed by atoms with Crippen LogP contribution in [0.3, 0.4) is 0 Å². The molecule has 2 aromatic carbocycles. The van der Waals surface area contributed by atoms with Crippen molar-refractivity contribution in [2.45, 2.75) is 13.8 Å². The van der Waals surface area contributed by atoms with Crippen molar-refractivity contribution in [2.75, 3.05) is 42.9 Å². The Morgan fingerprint density at radius 3 is 2.57 bits per heavy atom. The molecule has 0 spiro atoms. The van der Waals surface area contributed by atoms with E-state index >= 15 is 0 Å². The first-order valence-electron chi connectivity index (χ1n) is 10.4. The number of rotatable bonds is 5. The zero-order valence-electron chi connectivity index (χ0n) is 17.4. The lowest BCUT2D eigenvalue weighted by Gasteiger charge is -2.34. The number of imidazole rings is 1. The Morgan fingerprint density at radius 2 is 1.90 bits per heavy atom. The van der Waals surface area contributed by atoms with Crippen molar-refractivity contribution in [3.63, 3.8) is 0 Å². The van der Waals surface area contributed by atoms with E-state index in [0.717, 1.165) is 24.5 Å². The highest BCUT2D eigenvalue weighted by Crippen LogP contribution is 2.24. The Morgan fingerprint density at radius 1 is 1.17 bits per heavy atom. The zero-order valence-corrected chi connectivity index (χ0v) is 18.3. The maximum Gasteiger partial charge on any atom is 0.274 e. The molecule has 1 aromatic heterocycles. The number of nitrogens with zero attached hydrogens (tertiary/aromatic N) is 2. The minimum Gasteiger partial charge on any atom is -0.360 e. The van der Waals surface area contributed by atoms with Gasteiger partial charge in [0.15, 0.2) is 4.77 Å². The molecular formula is C23H28N5OS+. The van der Waals surface area contributed by atoms with Crippen LogP contribution in [0.25, 0.3) is 5.69 Å². The second kappa shape index (κ2) is 8.85. The summed E-state index contributed by atoms with van der Waals surface area (Å²) in [5.74, 6) is -0.196. The van der Waals surface area contributed by atoms with E-state index in [1.54, 1.807) is 15.7 Å². The lowest BCUT2D eigenvalue weighted by atomic mass is 10.1. The highest BCUT2D eigenvalue weighted by atomic mass is 32.1. The van der Waals surface area contributed by atoms with Gasteiger partial charge in [-0.1, -0.05) is 18.2 Å². The van der Waals surface area contributed by atoms with E-state index in [1.807, 2.05) is 42.5 Å². The van der Waals surface area contributed by atoms with Crippen molar-refractivity contribution in [3.8, 4) is 5.69 Å². The number of likely N-dealkylation sites (N-methyl/N-ethyl adjacent to an activating group) is 1. The third-order valence-electron chi connectivity index (χ3n) is 5.79. The van der Waals surface area contributed by atoms with Crippen molar-refractivity contribution in [1.82, 2.24) is 9.55 Å². The van der Waals surface area contributed by atoms with E-state index in [9.17, 15) is 4.79 Å². The fraction of sp³-hybridized carbons (Fsp3) is 0.304. The minimum atomic E-state index is -0.196. The molecule has 6 nitrogen and oxygen atoms in total. The molecule has 1 amide bonds. The SMILES string of the molecule is CC[NH+]1CCN(c2ccc(NC(=O)c3c[nH]c(=S)n3-c3ccccc3)cc2C)CC1. The maximum absolute atomic E-state index is 13.0. The molecule has 30 heavy (non-hydrogen) atoms. The summed E-state index contributed by atoms with van der Waals surface area (Å²) in [4.78, 5) is 20.1. The number of amides is 1. The molecule has 0 unspecified atom stereocenters. The highest BCUT2D eigenvalue weighted by Gasteiger charge is 2.20. The normalized spacial score (nSPS) is 14.7. The molecule has 1 saturated heterocycles. The van der Waals surface area contributed by atoms with Crippen LogP contribution >= 0.6 is 12.2 Å². The van der Waals surface area contributed by atoms with Gasteiger partial charge in [0.1, 0.15) is 5.69 Å². The van der Waals surface area contributed by atoms with Gasteiger partial charge in [-0.2, -0.15) is 0 Å². The third-order valence-corrected chi connectivity index (χ3v) is 6.09. The first kappa shape index (κ1) is 20.4. The number of benzene rings is 2. The monoisotopic (exact) mass is 422 g/mol. The summed E-state index contributed by atoms with van der Waals surface area (Å²) in [6, 6.07) is 15.8. The molecule has 3 aromatic rings. The van der Waals surface area contributed by atoms with Crippen LogP contribution in [-0.2, 0) is 0 Å². The molecular weight excluding hydrogens is 394 g/mol. The van der Waals surface area contributed by atoms with Gasteiger partial charge in [-0.25, -0.2) is 0 Å². The molecule has 0 radical (unpaired) electrons. The standard InChI is InChI=1S/C23H27N5OS/c1-3-26-11-13-27(14-12-26)20-10-9-18(15-17(20)2)25-22(29)21-16-24-23(30)28(21)19-7-5-4-6-8-19/h4-10,15-16H,3,11-14H2,1-2H3,(H,24,30)(H,25,29)/p+1. The predicted octanol–water partition coefficient (Wildman–Crippen LogP) is 2.82. The molecule has 0 bridgehead atoms. The fourth-order valence-corrected chi connectivity index (χ4v) is 4.33. The van der Waals surface area contributed by atoms with Gasteiger partial charge in [-0.3, -0.25) is 9.36 Å². The molecule has 3 N–H and O–H groups in total. The van der Waals surface area contributed by atoms with Crippen LogP contribution in [0.1, 0.15) is 23.0 Å². The van der Waals surface area contributed by atoms with Gasteiger partial charge in [0.25, 0.3) is 5.91 Å². The Balaban J connectivity index is 1.51. The molecule has 1 aliphatic rings. The number of H-pyrrole nitrogens is 1. The van der Waals surface area contributed by atoms with E-state index in [2.05, 4.69) is 35.1 Å². The molecule has 4 rings (SSSR count). The number of hydrogen-bond donors (Lipinski definition) is 3. The molecule has 1 fully saturated rings. The minimum absolute atomic E-state index is 0.196. The summed E-state index contributed by atoms with van der Waals surface area (Å²) in [7, 11) is 0. The summed E-state index contributed by atoms with van der Waals surface area (Å²) in [6.45, 7) is 10.0. The van der Waals surface area contributed by atoms with Gasteiger partial charge in [-0.15, -0.1) is 0 Å². The number of hydrogen-bond acceptors (Lipinski definition) is 3. The molecule has 2 heterocycles. The molecule has 7 heteroatoms. The van der Waals surface area contributed by atoms with Crippen LogP contribution in [0.5, 0.6) is 0 Å². The molecule has 0 atom stereocenters. The maximum atomic E-state index is 13.0. The zero-order chi connectivity index (χ0) is 21.1. The average molecular weight is 423 g/mol. The number of aromatic nitrogens is 2. The molecule has 156 valence electrons. The van der Waals surface area contributed by atoms with Crippen molar-refractivity contribution in [1.29, 1.82) is 0 Å². The molecule has 0 saturated carbocycles. The van der Waals surface area contributed by atoms with Gasteiger partial charge < -0.3 is 20.1 Å². The summed E-state index contributed by atoms with van der Waals surface area (Å²) in [5, 5.41) is 3.02. The number of anilines is 2. The number of aromatic amines is 1. The van der Waals surface area contributed by atoms with Gasteiger partial charge in [0, 0.05) is 23.3 Å². The fourth-order valence-electron chi connectivity index (χ4n) is 4.07. The van der Waals surface area contributed by atoms with E-state index < -0.39 is 0 Å². The van der Waals surface area contributed by atoms with Crippen molar-refractivity contribution < 1.29 is 9.69 Å². The van der Waals surface area contributed by atoms with Crippen LogP contribution in [0.15, 0.2) is 54.7 Å². The van der Waals surface area contributed by atoms with Crippen LogP contribution in [0.2, 0.25) is 0 Å². The van der Waals surface area contributed by atoms with Gasteiger partial charge >= 0.3 is 0 Å². The van der Waals surface area contributed by atoms with Gasteiger partial charge in [-0.05, 0) is 62.0 Å². The van der Waals surface area contributed by atoms with Crippen LogP contribution < -0.4 is 15.1 Å². The Hall–Kier alpha value is -2.90. The van der Waals surface area contributed by atoms with E-state index in [1.165, 1.54) is 30.9 Å². The smallest absolute Gasteiger partial charge is 0.274 e. The number of piperazine rings is 1. The van der Waals surface area contributed by atoms with Crippen LogP contribution in [-0.4, -0.2) is 48.2 Å². The Bertz CT molecular complexity index is 1080. The van der Waals surface area contributed by atoms with E-state index in [4.69, 9.17) is 12.2 Å². The number of quaternary nitrogens is 1. The van der Waals surface area contributed by atoms with Crippen LogP contribution in [0.4, 0.5) is 11.4 Å². The number of nitrogens with one attached hydrogen (secondary N) is 3. The van der Waals surface area contributed by atoms with Crippen molar-refractivity contribution in [2.24, 2.45) is 0 Å². The highest BCUT2D eigenvalue weighted by molar-refractivity contribution is 7.71. The Labute approximate surface area is 182 Å². The number of aryl methyl sites for hydroxylation is 1. The number of carbonyl (C=O) groups is 1. The van der Waals surface area contributed by atoms with E-state index in [0.29, 0.717) is 10.5 Å². The largest absolute Gasteiger partial charge is 0.360 e. The van der Waals surface area contributed by atoms with Gasteiger partial charge in [0.2, 0.25) is 0 Å². The lowest BCUT2D eigenvalue weighted by Crippen LogP contribution is -3.14. The van der Waals surface area contributed by atoms with Crippen LogP contribution in [0, 0.1) is 11.7 Å². The first-order chi connectivity index (χ1) is 14.6. The quantitative estimate of drug-likeness (QED) is 0.554. The first-order valence-corrected chi connectivity index (χ1v) is 10.8. The third kappa shape index (κ3) is 4.17. The van der Waals surface area contributed by atoms with E-state index in [-0.39, 0.29) is 5.91 Å². The van der Waals surface area contributed by atoms with Gasteiger partial charge in [0.05, 0.1) is 32.7 Å². The Kier molecular flexibility index (Phi) is 6.01.